The first-order valence-corrected chi connectivity index (χ1v) is 10.8. The number of hydrogen-bond donors (Lipinski definition) is 4. The molecule has 1 unspecified atom stereocenters. The first-order valence-electron chi connectivity index (χ1n) is 10.8. The van der Waals surface area contributed by atoms with Gasteiger partial charge in [0.15, 0.2) is 5.69 Å². The van der Waals surface area contributed by atoms with E-state index in [0.717, 1.165) is 5.56 Å². The lowest BCUT2D eigenvalue weighted by atomic mass is 9.74. The normalized spacial score (nSPS) is 18.4. The molecule has 2 atom stereocenters. The predicted molar refractivity (Wildman–Crippen MR) is 121 cm³/mol. The Morgan fingerprint density at radius 3 is 2.58 bits per heavy atom. The van der Waals surface area contributed by atoms with Gasteiger partial charge in [0.25, 0.3) is 11.8 Å². The van der Waals surface area contributed by atoms with E-state index in [9.17, 15) is 19.6 Å². The minimum Gasteiger partial charge on any atom is -0.426 e. The highest BCUT2D eigenvalue weighted by Crippen LogP contribution is 2.29. The lowest BCUT2D eigenvalue weighted by Gasteiger charge is -2.29. The first-order chi connectivity index (χ1) is 15.7. The maximum Gasteiger partial charge on any atom is 0.475 e. The van der Waals surface area contributed by atoms with Gasteiger partial charge < -0.3 is 30.0 Å². The number of oxime groups is 1. The highest BCUT2D eigenvalue weighted by atomic mass is 16.7. The summed E-state index contributed by atoms with van der Waals surface area (Å²) in [5.41, 5.74) is 0.0975. The lowest BCUT2D eigenvalue weighted by molar-refractivity contribution is -0.144. The van der Waals surface area contributed by atoms with Crippen molar-refractivity contribution < 1.29 is 29.0 Å². The van der Waals surface area contributed by atoms with Gasteiger partial charge in [-0.2, -0.15) is 0 Å². The molecule has 1 aromatic carbocycles. The fourth-order valence-corrected chi connectivity index (χ4v) is 3.67. The van der Waals surface area contributed by atoms with E-state index >= 15 is 0 Å². The van der Waals surface area contributed by atoms with Crippen LogP contribution in [0.1, 0.15) is 48.5 Å². The Morgan fingerprint density at radius 1 is 1.24 bits per heavy atom. The molecular weight excluding hydrogens is 427 g/mol. The highest BCUT2D eigenvalue weighted by Gasteiger charge is 2.48. The van der Waals surface area contributed by atoms with Crippen LogP contribution in [0.3, 0.4) is 0 Å². The van der Waals surface area contributed by atoms with Gasteiger partial charge in [0.05, 0.1) is 18.2 Å². The third-order valence-electron chi connectivity index (χ3n) is 5.30. The Labute approximate surface area is 192 Å². The fraction of sp³-hybridized carbons (Fsp3) is 0.455. The number of benzene rings is 1. The van der Waals surface area contributed by atoms with Crippen LogP contribution < -0.4 is 10.6 Å². The van der Waals surface area contributed by atoms with Crippen LogP contribution in [0.15, 0.2) is 46.1 Å². The maximum absolute atomic E-state index is 13.3. The molecule has 10 nitrogen and oxygen atoms in total. The molecule has 2 heterocycles. The van der Waals surface area contributed by atoms with E-state index in [2.05, 4.69) is 20.9 Å². The topological polar surface area (TPSA) is 146 Å². The van der Waals surface area contributed by atoms with Gasteiger partial charge in [0, 0.05) is 18.9 Å². The van der Waals surface area contributed by atoms with Crippen molar-refractivity contribution in [2.24, 2.45) is 11.1 Å². The molecule has 0 radical (unpaired) electrons. The SMILES string of the molecule is Cc1cc(C(=O)NCC2=NOC(Cc3ccccc3)(C(=O)N[C@@H](CC(C)C)B(O)O)C2)no1. The van der Waals surface area contributed by atoms with Crippen molar-refractivity contribution in [2.75, 3.05) is 6.54 Å². The van der Waals surface area contributed by atoms with E-state index in [-0.39, 0.29) is 31.0 Å². The quantitative estimate of drug-likeness (QED) is 0.391. The fourth-order valence-electron chi connectivity index (χ4n) is 3.67. The molecule has 1 aliphatic heterocycles. The summed E-state index contributed by atoms with van der Waals surface area (Å²) >= 11 is 0. The van der Waals surface area contributed by atoms with Crippen LogP contribution in [0.2, 0.25) is 0 Å². The Bertz CT molecular complexity index is 994. The summed E-state index contributed by atoms with van der Waals surface area (Å²) in [6.45, 7) is 5.60. The molecule has 0 fully saturated rings. The Kier molecular flexibility index (Phi) is 7.88. The van der Waals surface area contributed by atoms with E-state index < -0.39 is 30.5 Å². The van der Waals surface area contributed by atoms with Crippen molar-refractivity contribution in [3.05, 3.63) is 53.4 Å². The van der Waals surface area contributed by atoms with Crippen molar-refractivity contribution in [3.63, 3.8) is 0 Å². The molecule has 3 rings (SSSR count). The highest BCUT2D eigenvalue weighted by molar-refractivity contribution is 6.43. The van der Waals surface area contributed by atoms with Crippen LogP contribution in [-0.4, -0.2) is 57.9 Å². The van der Waals surface area contributed by atoms with E-state index in [1.165, 1.54) is 6.07 Å². The van der Waals surface area contributed by atoms with Crippen LogP contribution in [0.5, 0.6) is 0 Å². The molecular formula is C22H29BN4O6. The summed E-state index contributed by atoms with van der Waals surface area (Å²) in [5, 5.41) is 32.6. The van der Waals surface area contributed by atoms with Crippen molar-refractivity contribution in [1.82, 2.24) is 15.8 Å². The van der Waals surface area contributed by atoms with E-state index in [0.29, 0.717) is 17.9 Å². The predicted octanol–water partition coefficient (Wildman–Crippen LogP) is 1.01. The molecule has 0 spiro atoms. The minimum atomic E-state index is -1.71. The van der Waals surface area contributed by atoms with Crippen molar-refractivity contribution in [1.29, 1.82) is 0 Å². The Balaban J connectivity index is 1.72. The zero-order valence-electron chi connectivity index (χ0n) is 18.9. The number of amides is 2. The van der Waals surface area contributed by atoms with Crippen LogP contribution in [-0.2, 0) is 16.1 Å². The molecule has 176 valence electrons. The average molecular weight is 456 g/mol. The number of carbonyl (C=O) groups is 2. The molecule has 2 amide bonds. The van der Waals surface area contributed by atoms with Crippen LogP contribution in [0, 0.1) is 12.8 Å². The minimum absolute atomic E-state index is 0.0621. The second-order valence-corrected chi connectivity index (χ2v) is 8.71. The molecule has 1 aromatic heterocycles. The van der Waals surface area contributed by atoms with Gasteiger partial charge in [-0.1, -0.05) is 54.5 Å². The van der Waals surface area contributed by atoms with Gasteiger partial charge in [-0.3, -0.25) is 9.59 Å². The molecule has 0 bridgehead atoms. The maximum atomic E-state index is 13.3. The van der Waals surface area contributed by atoms with Gasteiger partial charge in [-0.25, -0.2) is 0 Å². The van der Waals surface area contributed by atoms with Gasteiger partial charge >= 0.3 is 7.12 Å². The summed E-state index contributed by atoms with van der Waals surface area (Å²) in [4.78, 5) is 31.3. The standard InChI is InChI=1S/C22H29BN4O6/c1-14(2)9-19(23(30)31)25-21(29)22(11-16-7-5-4-6-8-16)12-17(26-33-22)13-24-20(28)18-10-15(3)32-27-18/h4-8,10,14,19,30-31H,9,11-13H2,1-3H3,(H,24,28)(H,25,29)/t19-,22?/m0/s1. The molecule has 2 aromatic rings. The Hall–Kier alpha value is -3.18. The lowest BCUT2D eigenvalue weighted by Crippen LogP contribution is -2.56. The van der Waals surface area contributed by atoms with E-state index in [1.54, 1.807) is 6.92 Å². The second kappa shape index (κ2) is 10.6. The summed E-state index contributed by atoms with van der Waals surface area (Å²) in [7, 11) is -1.71. The van der Waals surface area contributed by atoms with Crippen LogP contribution in [0.4, 0.5) is 0 Å². The van der Waals surface area contributed by atoms with Crippen molar-refractivity contribution >= 4 is 24.6 Å². The molecule has 11 heteroatoms. The van der Waals surface area contributed by atoms with Gasteiger partial charge in [-0.15, -0.1) is 0 Å². The van der Waals surface area contributed by atoms with Crippen LogP contribution >= 0.6 is 0 Å². The Morgan fingerprint density at radius 2 is 1.97 bits per heavy atom. The zero-order chi connectivity index (χ0) is 24.0. The summed E-state index contributed by atoms with van der Waals surface area (Å²) in [6.07, 6.45) is 0.729. The molecule has 0 saturated carbocycles. The summed E-state index contributed by atoms with van der Waals surface area (Å²) in [5.74, 6) is -1.13. The number of aromatic nitrogens is 1. The van der Waals surface area contributed by atoms with Crippen LogP contribution in [0.25, 0.3) is 0 Å². The van der Waals surface area contributed by atoms with E-state index in [1.807, 2.05) is 44.2 Å². The number of hydrogen-bond acceptors (Lipinski definition) is 8. The number of aryl methyl sites for hydroxylation is 1. The van der Waals surface area contributed by atoms with Crippen molar-refractivity contribution in [3.8, 4) is 0 Å². The summed E-state index contributed by atoms with van der Waals surface area (Å²) in [6, 6.07) is 10.9. The van der Waals surface area contributed by atoms with Gasteiger partial charge in [0.2, 0.25) is 5.60 Å². The zero-order valence-corrected chi connectivity index (χ0v) is 18.9. The third kappa shape index (κ3) is 6.42. The molecule has 0 aliphatic carbocycles. The summed E-state index contributed by atoms with van der Waals surface area (Å²) < 4.78 is 4.91. The largest absolute Gasteiger partial charge is 0.475 e. The van der Waals surface area contributed by atoms with E-state index in [4.69, 9.17) is 9.36 Å². The third-order valence-corrected chi connectivity index (χ3v) is 5.30. The number of rotatable bonds is 10. The molecule has 4 N–H and O–H groups in total. The molecule has 33 heavy (non-hydrogen) atoms. The van der Waals surface area contributed by atoms with Gasteiger partial charge in [-0.05, 0) is 24.8 Å². The average Bonchev–Trinajstić information content (AvgIpc) is 3.39. The number of nitrogens with zero attached hydrogens (tertiary/aromatic N) is 2. The molecule has 1 aliphatic rings. The number of nitrogens with one attached hydrogen (secondary N) is 2. The van der Waals surface area contributed by atoms with Gasteiger partial charge in [0.1, 0.15) is 5.76 Å². The van der Waals surface area contributed by atoms with Crippen molar-refractivity contribution in [2.45, 2.75) is 51.6 Å². The monoisotopic (exact) mass is 456 g/mol. The molecule has 0 saturated heterocycles. The smallest absolute Gasteiger partial charge is 0.426 e. The first kappa shape index (κ1) is 24.5. The second-order valence-electron chi connectivity index (χ2n) is 8.71. The number of carbonyl (C=O) groups excluding carboxylic acids is 2.